The van der Waals surface area contributed by atoms with E-state index in [1.165, 1.54) is 30.4 Å². The molecular formula is C12H14FN3O2S2. The first-order valence-corrected chi connectivity index (χ1v) is 8.22. The van der Waals surface area contributed by atoms with E-state index in [0.717, 1.165) is 0 Å². The zero-order chi connectivity index (χ0) is 14.8. The molecule has 20 heavy (non-hydrogen) atoms. The number of benzene rings is 1. The highest BCUT2D eigenvalue weighted by Gasteiger charge is 2.20. The van der Waals surface area contributed by atoms with Gasteiger partial charge in [-0.25, -0.2) is 22.5 Å². The van der Waals surface area contributed by atoms with Crippen molar-refractivity contribution in [1.29, 1.82) is 0 Å². The van der Waals surface area contributed by atoms with Crippen molar-refractivity contribution in [2.75, 3.05) is 0 Å². The summed E-state index contributed by atoms with van der Waals surface area (Å²) in [6.07, 6.45) is 0. The first kappa shape index (κ1) is 15.0. The van der Waals surface area contributed by atoms with E-state index in [9.17, 15) is 12.8 Å². The van der Waals surface area contributed by atoms with Crippen LogP contribution in [0.5, 0.6) is 0 Å². The zero-order valence-corrected chi connectivity index (χ0v) is 12.4. The highest BCUT2D eigenvalue weighted by molar-refractivity contribution is 7.89. The second kappa shape index (κ2) is 5.96. The van der Waals surface area contributed by atoms with E-state index in [-0.39, 0.29) is 23.5 Å². The molecule has 108 valence electrons. The third-order valence-corrected chi connectivity index (χ3v) is 4.97. The largest absolute Gasteiger partial charge is 0.326 e. The van der Waals surface area contributed by atoms with E-state index in [1.54, 1.807) is 10.9 Å². The first-order valence-electron chi connectivity index (χ1n) is 5.80. The smallest absolute Gasteiger partial charge is 0.241 e. The van der Waals surface area contributed by atoms with E-state index in [2.05, 4.69) is 9.71 Å². The SMILES string of the molecule is Cc1c(F)cc(CN)cc1S(=O)(=O)NCc1cscn1. The summed E-state index contributed by atoms with van der Waals surface area (Å²) in [5.74, 6) is -0.581. The second-order valence-electron chi connectivity index (χ2n) is 4.21. The lowest BCUT2D eigenvalue weighted by atomic mass is 10.1. The summed E-state index contributed by atoms with van der Waals surface area (Å²) in [5.41, 5.74) is 8.18. The van der Waals surface area contributed by atoms with Crippen LogP contribution >= 0.6 is 11.3 Å². The number of halogens is 1. The Morgan fingerprint density at radius 3 is 2.80 bits per heavy atom. The summed E-state index contributed by atoms with van der Waals surface area (Å²) in [7, 11) is -3.80. The predicted molar refractivity (Wildman–Crippen MR) is 75.2 cm³/mol. The van der Waals surface area contributed by atoms with Crippen molar-refractivity contribution in [3.8, 4) is 0 Å². The molecule has 1 heterocycles. The van der Waals surface area contributed by atoms with Gasteiger partial charge < -0.3 is 5.73 Å². The van der Waals surface area contributed by atoms with Crippen LogP contribution in [-0.4, -0.2) is 13.4 Å². The molecule has 0 atom stereocenters. The summed E-state index contributed by atoms with van der Waals surface area (Å²) in [6.45, 7) is 1.57. The average molecular weight is 315 g/mol. The van der Waals surface area contributed by atoms with Gasteiger partial charge in [0.05, 0.1) is 22.6 Å². The van der Waals surface area contributed by atoms with Gasteiger partial charge in [-0.05, 0) is 24.6 Å². The Morgan fingerprint density at radius 2 is 2.20 bits per heavy atom. The molecular weight excluding hydrogens is 301 g/mol. The van der Waals surface area contributed by atoms with Crippen LogP contribution in [0, 0.1) is 12.7 Å². The van der Waals surface area contributed by atoms with Gasteiger partial charge in [-0.1, -0.05) is 0 Å². The third kappa shape index (κ3) is 3.21. The van der Waals surface area contributed by atoms with Crippen molar-refractivity contribution in [2.24, 2.45) is 5.73 Å². The second-order valence-corrected chi connectivity index (χ2v) is 6.66. The molecule has 3 N–H and O–H groups in total. The molecule has 0 radical (unpaired) electrons. The van der Waals surface area contributed by atoms with E-state index >= 15 is 0 Å². The maximum atomic E-state index is 13.7. The van der Waals surface area contributed by atoms with Crippen LogP contribution < -0.4 is 10.5 Å². The number of rotatable bonds is 5. The third-order valence-electron chi connectivity index (χ3n) is 2.81. The molecule has 5 nitrogen and oxygen atoms in total. The van der Waals surface area contributed by atoms with Crippen LogP contribution in [0.3, 0.4) is 0 Å². The fourth-order valence-corrected chi connectivity index (χ4v) is 3.53. The van der Waals surface area contributed by atoms with Crippen LogP contribution in [0.1, 0.15) is 16.8 Å². The van der Waals surface area contributed by atoms with Crippen molar-refractivity contribution >= 4 is 21.4 Å². The zero-order valence-electron chi connectivity index (χ0n) is 10.8. The molecule has 1 aromatic carbocycles. The minimum atomic E-state index is -3.80. The summed E-state index contributed by atoms with van der Waals surface area (Å²) in [4.78, 5) is 3.89. The molecule has 0 amide bonds. The number of thiazole rings is 1. The Morgan fingerprint density at radius 1 is 1.45 bits per heavy atom. The van der Waals surface area contributed by atoms with E-state index < -0.39 is 15.8 Å². The molecule has 2 rings (SSSR count). The number of nitrogens with one attached hydrogen (secondary N) is 1. The molecule has 1 aromatic heterocycles. The number of nitrogens with zero attached hydrogens (tertiary/aromatic N) is 1. The van der Waals surface area contributed by atoms with Crippen LogP contribution in [0.4, 0.5) is 4.39 Å². The molecule has 0 unspecified atom stereocenters. The molecule has 0 fully saturated rings. The van der Waals surface area contributed by atoms with Gasteiger partial charge >= 0.3 is 0 Å². The first-order chi connectivity index (χ1) is 9.44. The molecule has 0 aliphatic rings. The fourth-order valence-electron chi connectivity index (χ4n) is 1.68. The number of hydrogen-bond acceptors (Lipinski definition) is 5. The van der Waals surface area contributed by atoms with Gasteiger partial charge in [-0.3, -0.25) is 0 Å². The fraction of sp³-hybridized carbons (Fsp3) is 0.250. The van der Waals surface area contributed by atoms with Gasteiger partial charge in [0.2, 0.25) is 10.0 Å². The van der Waals surface area contributed by atoms with Crippen molar-refractivity contribution in [3.63, 3.8) is 0 Å². The van der Waals surface area contributed by atoms with Crippen molar-refractivity contribution < 1.29 is 12.8 Å². The minimum absolute atomic E-state index is 0.0692. The maximum absolute atomic E-state index is 13.7. The summed E-state index contributed by atoms with van der Waals surface area (Å²) >= 11 is 1.38. The normalized spacial score (nSPS) is 11.8. The standard InChI is InChI=1S/C12H14FN3O2S2/c1-8-11(13)2-9(4-14)3-12(8)20(17,18)16-5-10-6-19-7-15-10/h2-3,6-7,16H,4-5,14H2,1H3. The van der Waals surface area contributed by atoms with Gasteiger partial charge in [-0.15, -0.1) is 11.3 Å². The van der Waals surface area contributed by atoms with Crippen molar-refractivity contribution in [2.45, 2.75) is 24.9 Å². The molecule has 0 saturated carbocycles. The average Bonchev–Trinajstić information content (AvgIpc) is 2.92. The lowest BCUT2D eigenvalue weighted by molar-refractivity contribution is 0.573. The maximum Gasteiger partial charge on any atom is 0.241 e. The van der Waals surface area contributed by atoms with Gasteiger partial charge in [0.1, 0.15) is 5.82 Å². The monoisotopic (exact) mass is 315 g/mol. The predicted octanol–water partition coefficient (Wildman–Crippen LogP) is 1.53. The highest BCUT2D eigenvalue weighted by Crippen LogP contribution is 2.20. The topological polar surface area (TPSA) is 85.1 Å². The van der Waals surface area contributed by atoms with E-state index in [0.29, 0.717) is 11.3 Å². The Bertz CT molecular complexity index is 700. The number of nitrogens with two attached hydrogens (primary N) is 1. The summed E-state index contributed by atoms with van der Waals surface area (Å²) in [5, 5.41) is 1.74. The quantitative estimate of drug-likeness (QED) is 0.876. The Labute approximate surface area is 120 Å². The van der Waals surface area contributed by atoms with Crippen molar-refractivity contribution in [1.82, 2.24) is 9.71 Å². The van der Waals surface area contributed by atoms with Crippen LogP contribution in [0.25, 0.3) is 0 Å². The Kier molecular flexibility index (Phi) is 4.48. The molecule has 8 heteroatoms. The lowest BCUT2D eigenvalue weighted by Crippen LogP contribution is -2.24. The van der Waals surface area contributed by atoms with E-state index in [1.807, 2.05) is 0 Å². The number of sulfonamides is 1. The minimum Gasteiger partial charge on any atom is -0.326 e. The van der Waals surface area contributed by atoms with Crippen LogP contribution in [0.15, 0.2) is 27.9 Å². The molecule has 0 saturated heterocycles. The number of hydrogen-bond donors (Lipinski definition) is 2. The molecule has 2 aromatic rings. The van der Waals surface area contributed by atoms with Gasteiger partial charge in [-0.2, -0.15) is 0 Å². The lowest BCUT2D eigenvalue weighted by Gasteiger charge is -2.11. The molecule has 0 aliphatic carbocycles. The molecule has 0 bridgehead atoms. The molecule has 0 spiro atoms. The Hall–Kier alpha value is -1.35. The van der Waals surface area contributed by atoms with Gasteiger partial charge in [0.15, 0.2) is 0 Å². The summed E-state index contributed by atoms with van der Waals surface area (Å²) in [6, 6.07) is 2.64. The van der Waals surface area contributed by atoms with Gasteiger partial charge in [0, 0.05) is 17.5 Å². The van der Waals surface area contributed by atoms with Crippen molar-refractivity contribution in [3.05, 3.63) is 45.7 Å². The Balaban J connectivity index is 2.31. The van der Waals surface area contributed by atoms with E-state index in [4.69, 9.17) is 5.73 Å². The number of aromatic nitrogens is 1. The summed E-state index contributed by atoms with van der Waals surface area (Å²) < 4.78 is 40.6. The highest BCUT2D eigenvalue weighted by atomic mass is 32.2. The van der Waals surface area contributed by atoms with Gasteiger partial charge in [0.25, 0.3) is 0 Å². The van der Waals surface area contributed by atoms with Crippen LogP contribution in [-0.2, 0) is 23.1 Å². The molecule has 0 aliphatic heterocycles. The van der Waals surface area contributed by atoms with Crippen LogP contribution in [0.2, 0.25) is 0 Å².